The Morgan fingerprint density at radius 2 is 1.82 bits per heavy atom. The van der Waals surface area contributed by atoms with Crippen molar-refractivity contribution in [1.29, 1.82) is 0 Å². The number of benzene rings is 2. The zero-order valence-electron chi connectivity index (χ0n) is 13.5. The molecule has 0 spiro atoms. The molecular weight excluding hydrogens is 334 g/mol. The van der Waals surface area contributed by atoms with Crippen LogP contribution in [0.25, 0.3) is 21.8 Å². The van der Waals surface area contributed by atoms with Crippen molar-refractivity contribution in [1.82, 2.24) is 4.57 Å². The fraction of sp³-hybridized carbons (Fsp3) is 0.400. The fourth-order valence-corrected chi connectivity index (χ4v) is 3.78. The number of para-hydroxylation sites is 1. The molecule has 0 radical (unpaired) electrons. The van der Waals surface area contributed by atoms with Crippen molar-refractivity contribution in [3.8, 4) is 0 Å². The van der Waals surface area contributed by atoms with E-state index in [0.717, 1.165) is 17.4 Å². The highest BCUT2D eigenvalue weighted by Crippen LogP contribution is 2.33. The summed E-state index contributed by atoms with van der Waals surface area (Å²) in [6.45, 7) is 5.65. The van der Waals surface area contributed by atoms with E-state index in [2.05, 4.69) is 70.7 Å². The molecule has 0 amide bonds. The Hall–Kier alpha value is -1.28. The largest absolute Gasteiger partial charge is 0.340 e. The van der Waals surface area contributed by atoms with E-state index >= 15 is 0 Å². The molecule has 0 bridgehead atoms. The minimum absolute atomic E-state index is 1.09. The van der Waals surface area contributed by atoms with Crippen LogP contribution >= 0.6 is 15.9 Å². The van der Waals surface area contributed by atoms with Gasteiger partial charge >= 0.3 is 0 Å². The molecule has 1 aromatic heterocycles. The van der Waals surface area contributed by atoms with Crippen LogP contribution in [0.5, 0.6) is 0 Å². The number of hydrogen-bond donors (Lipinski definition) is 0. The number of rotatable bonds is 6. The molecule has 0 aliphatic carbocycles. The molecule has 0 aliphatic heterocycles. The van der Waals surface area contributed by atoms with Crippen LogP contribution in [-0.4, -0.2) is 4.57 Å². The number of halogens is 1. The standard InChI is InChI=1S/C20H24BrN/c1-3-5-6-7-13-22-19-12-11-16(21)14-18(19)17-10-8-9-15(4-2)20(17)22/h8-12,14H,3-7,13H2,1-2H3. The van der Waals surface area contributed by atoms with E-state index in [0.29, 0.717) is 0 Å². The van der Waals surface area contributed by atoms with E-state index in [-0.39, 0.29) is 0 Å². The second-order valence-corrected chi connectivity index (χ2v) is 6.96. The third-order valence-corrected chi connectivity index (χ3v) is 5.04. The number of nitrogens with zero attached hydrogens (tertiary/aromatic N) is 1. The predicted octanol–water partition coefficient (Wildman–Crippen LogP) is 6.70. The van der Waals surface area contributed by atoms with Crippen LogP contribution in [0.3, 0.4) is 0 Å². The Morgan fingerprint density at radius 1 is 0.955 bits per heavy atom. The topological polar surface area (TPSA) is 4.93 Å². The molecule has 116 valence electrons. The molecular formula is C20H24BrN. The van der Waals surface area contributed by atoms with Crippen LogP contribution in [0.1, 0.15) is 45.1 Å². The third-order valence-electron chi connectivity index (χ3n) is 4.55. The van der Waals surface area contributed by atoms with Crippen LogP contribution in [0, 0.1) is 0 Å². The number of unbranched alkanes of at least 4 members (excludes halogenated alkanes) is 3. The SMILES string of the molecule is CCCCCCn1c2ccc(Br)cc2c2cccc(CC)c21. The maximum Gasteiger partial charge on any atom is 0.0523 e. The quantitative estimate of drug-likeness (QED) is 0.432. The number of aryl methyl sites for hydroxylation is 2. The lowest BCUT2D eigenvalue weighted by molar-refractivity contribution is 0.601. The average Bonchev–Trinajstić information content (AvgIpc) is 2.85. The molecule has 2 heteroatoms. The molecule has 0 fully saturated rings. The summed E-state index contributed by atoms with van der Waals surface area (Å²) >= 11 is 3.63. The summed E-state index contributed by atoms with van der Waals surface area (Å²) in [5, 5.41) is 2.77. The molecule has 22 heavy (non-hydrogen) atoms. The van der Waals surface area contributed by atoms with E-state index in [1.54, 1.807) is 0 Å². The maximum atomic E-state index is 3.63. The van der Waals surface area contributed by atoms with Gasteiger partial charge in [-0.3, -0.25) is 0 Å². The molecule has 3 aromatic rings. The molecule has 0 saturated carbocycles. The van der Waals surface area contributed by atoms with Crippen LogP contribution < -0.4 is 0 Å². The lowest BCUT2D eigenvalue weighted by Gasteiger charge is -2.10. The zero-order chi connectivity index (χ0) is 15.5. The predicted molar refractivity (Wildman–Crippen MR) is 101 cm³/mol. The van der Waals surface area contributed by atoms with E-state index in [1.165, 1.54) is 53.1 Å². The molecule has 0 unspecified atom stereocenters. The third kappa shape index (κ3) is 2.81. The summed E-state index contributed by atoms with van der Waals surface area (Å²) in [4.78, 5) is 0. The second-order valence-electron chi connectivity index (χ2n) is 6.04. The minimum Gasteiger partial charge on any atom is -0.340 e. The molecule has 0 atom stereocenters. The zero-order valence-corrected chi connectivity index (χ0v) is 15.1. The van der Waals surface area contributed by atoms with E-state index in [1.807, 2.05) is 0 Å². The fourth-order valence-electron chi connectivity index (χ4n) is 3.42. The van der Waals surface area contributed by atoms with Gasteiger partial charge < -0.3 is 4.57 Å². The highest BCUT2D eigenvalue weighted by Gasteiger charge is 2.13. The van der Waals surface area contributed by atoms with Crippen LogP contribution in [0.4, 0.5) is 0 Å². The maximum absolute atomic E-state index is 3.63. The van der Waals surface area contributed by atoms with Gasteiger partial charge in [0.05, 0.1) is 5.52 Å². The lowest BCUT2D eigenvalue weighted by atomic mass is 10.1. The van der Waals surface area contributed by atoms with Crippen molar-refractivity contribution in [2.24, 2.45) is 0 Å². The highest BCUT2D eigenvalue weighted by molar-refractivity contribution is 9.10. The Morgan fingerprint density at radius 3 is 2.59 bits per heavy atom. The number of aromatic nitrogens is 1. The highest BCUT2D eigenvalue weighted by atomic mass is 79.9. The first-order chi connectivity index (χ1) is 10.8. The molecule has 1 nitrogen and oxygen atoms in total. The Labute approximate surface area is 141 Å². The van der Waals surface area contributed by atoms with E-state index < -0.39 is 0 Å². The molecule has 1 heterocycles. The van der Waals surface area contributed by atoms with Gasteiger partial charge in [-0.05, 0) is 36.6 Å². The Kier molecular flexibility index (Phi) is 4.87. The van der Waals surface area contributed by atoms with E-state index in [4.69, 9.17) is 0 Å². The molecule has 3 rings (SSSR count). The number of fused-ring (bicyclic) bond motifs is 3. The summed E-state index contributed by atoms with van der Waals surface area (Å²) in [5.74, 6) is 0. The lowest BCUT2D eigenvalue weighted by Crippen LogP contribution is -2.00. The van der Waals surface area contributed by atoms with Crippen LogP contribution in [0.15, 0.2) is 40.9 Å². The summed E-state index contributed by atoms with van der Waals surface area (Å²) < 4.78 is 3.71. The Bertz CT molecular complexity index is 785. The summed E-state index contributed by atoms with van der Waals surface area (Å²) in [6.07, 6.45) is 6.30. The monoisotopic (exact) mass is 357 g/mol. The van der Waals surface area contributed by atoms with Gasteiger partial charge in [-0.1, -0.05) is 67.2 Å². The van der Waals surface area contributed by atoms with Crippen molar-refractivity contribution in [3.63, 3.8) is 0 Å². The van der Waals surface area contributed by atoms with Crippen molar-refractivity contribution in [3.05, 3.63) is 46.4 Å². The van der Waals surface area contributed by atoms with E-state index in [9.17, 15) is 0 Å². The second kappa shape index (κ2) is 6.87. The van der Waals surface area contributed by atoms with Gasteiger partial charge in [-0.25, -0.2) is 0 Å². The first-order valence-electron chi connectivity index (χ1n) is 8.45. The smallest absolute Gasteiger partial charge is 0.0523 e. The molecule has 0 aliphatic rings. The normalized spacial score (nSPS) is 11.6. The summed E-state index contributed by atoms with van der Waals surface area (Å²) in [7, 11) is 0. The first-order valence-corrected chi connectivity index (χ1v) is 9.25. The summed E-state index contributed by atoms with van der Waals surface area (Å²) in [5.41, 5.74) is 4.27. The molecule has 2 aromatic carbocycles. The van der Waals surface area contributed by atoms with Crippen molar-refractivity contribution in [2.75, 3.05) is 0 Å². The van der Waals surface area contributed by atoms with Crippen molar-refractivity contribution < 1.29 is 0 Å². The van der Waals surface area contributed by atoms with Gasteiger partial charge in [-0.15, -0.1) is 0 Å². The molecule has 0 N–H and O–H groups in total. The Balaban J connectivity index is 2.16. The van der Waals surface area contributed by atoms with Gasteiger partial charge in [-0.2, -0.15) is 0 Å². The summed E-state index contributed by atoms with van der Waals surface area (Å²) in [6, 6.07) is 13.4. The van der Waals surface area contributed by atoms with Crippen molar-refractivity contribution >= 4 is 37.7 Å². The van der Waals surface area contributed by atoms with Gasteiger partial charge in [0.25, 0.3) is 0 Å². The van der Waals surface area contributed by atoms with Gasteiger partial charge in [0.15, 0.2) is 0 Å². The average molecular weight is 358 g/mol. The van der Waals surface area contributed by atoms with Gasteiger partial charge in [0, 0.05) is 27.3 Å². The minimum atomic E-state index is 1.09. The van der Waals surface area contributed by atoms with Crippen molar-refractivity contribution in [2.45, 2.75) is 52.5 Å². The van der Waals surface area contributed by atoms with Crippen LogP contribution in [0.2, 0.25) is 0 Å². The van der Waals surface area contributed by atoms with Gasteiger partial charge in [0.2, 0.25) is 0 Å². The van der Waals surface area contributed by atoms with Gasteiger partial charge in [0.1, 0.15) is 0 Å². The van der Waals surface area contributed by atoms with Crippen LogP contribution in [-0.2, 0) is 13.0 Å². The number of hydrogen-bond acceptors (Lipinski definition) is 0. The first kappa shape index (κ1) is 15.6. The molecule has 0 saturated heterocycles.